The van der Waals surface area contributed by atoms with Crippen LogP contribution < -0.4 is 4.90 Å². The molecule has 25 heavy (non-hydrogen) atoms. The van der Waals surface area contributed by atoms with Crippen LogP contribution in [0.4, 0.5) is 5.69 Å². The van der Waals surface area contributed by atoms with E-state index in [2.05, 4.69) is 23.9 Å². The fraction of sp³-hybridized carbons (Fsp3) is 0.250. The van der Waals surface area contributed by atoms with Gasteiger partial charge in [0.1, 0.15) is 0 Å². The first-order chi connectivity index (χ1) is 11.9. The van der Waals surface area contributed by atoms with Gasteiger partial charge in [0.05, 0.1) is 0 Å². The molecule has 5 heteroatoms. The molecule has 0 spiro atoms. The van der Waals surface area contributed by atoms with Crippen molar-refractivity contribution in [3.63, 3.8) is 0 Å². The van der Waals surface area contributed by atoms with E-state index in [0.29, 0.717) is 15.6 Å². The standard InChI is InChI=1S/C20H22Cl2N2O/c1-23(2)12-13-24(3)18-9-5-16(6-10-18)20(25)11-7-15-4-8-17(21)14-19(15)22/h4-11,14H,12-13H2,1-3H3/b11-7+. The quantitative estimate of drug-likeness (QED) is 0.507. The van der Waals surface area contributed by atoms with E-state index in [1.165, 1.54) is 6.08 Å². The van der Waals surface area contributed by atoms with E-state index in [4.69, 9.17) is 23.2 Å². The fourth-order valence-corrected chi connectivity index (χ4v) is 2.73. The van der Waals surface area contributed by atoms with Crippen LogP contribution >= 0.6 is 23.2 Å². The fourth-order valence-electron chi connectivity index (χ4n) is 2.26. The molecule has 0 unspecified atom stereocenters. The summed E-state index contributed by atoms with van der Waals surface area (Å²) in [6.45, 7) is 1.90. The van der Waals surface area contributed by atoms with Crippen molar-refractivity contribution < 1.29 is 4.79 Å². The van der Waals surface area contributed by atoms with Crippen LogP contribution in [0.15, 0.2) is 48.5 Å². The van der Waals surface area contributed by atoms with Gasteiger partial charge in [-0.25, -0.2) is 0 Å². The smallest absolute Gasteiger partial charge is 0.185 e. The number of benzene rings is 2. The minimum Gasteiger partial charge on any atom is -0.373 e. The summed E-state index contributed by atoms with van der Waals surface area (Å²) in [6.07, 6.45) is 3.23. The Morgan fingerprint density at radius 2 is 1.68 bits per heavy atom. The Morgan fingerprint density at radius 3 is 2.28 bits per heavy atom. The van der Waals surface area contributed by atoms with E-state index >= 15 is 0 Å². The van der Waals surface area contributed by atoms with Crippen LogP contribution in [0, 0.1) is 0 Å². The Hall–Kier alpha value is -1.81. The number of carbonyl (C=O) groups is 1. The first-order valence-electron chi connectivity index (χ1n) is 8.00. The van der Waals surface area contributed by atoms with Crippen molar-refractivity contribution in [2.24, 2.45) is 0 Å². The molecule has 2 aromatic carbocycles. The summed E-state index contributed by atoms with van der Waals surface area (Å²) in [6, 6.07) is 12.8. The first-order valence-corrected chi connectivity index (χ1v) is 8.76. The predicted octanol–water partition coefficient (Wildman–Crippen LogP) is 4.89. The van der Waals surface area contributed by atoms with Crippen LogP contribution in [0.5, 0.6) is 0 Å². The summed E-state index contributed by atoms with van der Waals surface area (Å²) < 4.78 is 0. The maximum Gasteiger partial charge on any atom is 0.185 e. The number of anilines is 1. The van der Waals surface area contributed by atoms with Gasteiger partial charge >= 0.3 is 0 Å². The second kappa shape index (κ2) is 9.04. The van der Waals surface area contributed by atoms with Crippen molar-refractivity contribution >= 4 is 40.7 Å². The van der Waals surface area contributed by atoms with Gasteiger partial charge in [0.25, 0.3) is 0 Å². The molecule has 0 aliphatic carbocycles. The van der Waals surface area contributed by atoms with Gasteiger partial charge in [-0.1, -0.05) is 29.3 Å². The van der Waals surface area contributed by atoms with Crippen molar-refractivity contribution in [1.82, 2.24) is 4.90 Å². The van der Waals surface area contributed by atoms with Gasteiger partial charge in [-0.3, -0.25) is 4.79 Å². The average Bonchev–Trinajstić information content (AvgIpc) is 2.58. The molecule has 0 amide bonds. The summed E-state index contributed by atoms with van der Waals surface area (Å²) in [5, 5.41) is 1.09. The molecule has 0 radical (unpaired) electrons. The molecule has 0 atom stereocenters. The van der Waals surface area contributed by atoms with E-state index in [-0.39, 0.29) is 5.78 Å². The summed E-state index contributed by atoms with van der Waals surface area (Å²) in [4.78, 5) is 16.6. The molecule has 0 saturated carbocycles. The van der Waals surface area contributed by atoms with Crippen LogP contribution in [0.25, 0.3) is 6.08 Å². The topological polar surface area (TPSA) is 23.6 Å². The molecular formula is C20H22Cl2N2O. The summed E-state index contributed by atoms with van der Waals surface area (Å²) in [5.41, 5.74) is 2.49. The molecule has 0 aliphatic rings. The second-order valence-electron chi connectivity index (χ2n) is 6.14. The van der Waals surface area contributed by atoms with E-state index in [1.807, 2.05) is 31.3 Å². The van der Waals surface area contributed by atoms with Gasteiger partial charge in [0, 0.05) is 41.4 Å². The van der Waals surface area contributed by atoms with Crippen molar-refractivity contribution in [2.75, 3.05) is 39.1 Å². The van der Waals surface area contributed by atoms with Gasteiger partial charge in [-0.15, -0.1) is 0 Å². The number of ketones is 1. The lowest BCUT2D eigenvalue weighted by Crippen LogP contribution is -2.28. The highest BCUT2D eigenvalue weighted by molar-refractivity contribution is 6.35. The molecule has 132 valence electrons. The number of carbonyl (C=O) groups excluding carboxylic acids is 1. The lowest BCUT2D eigenvalue weighted by atomic mass is 10.1. The zero-order chi connectivity index (χ0) is 18.4. The molecule has 2 aromatic rings. The normalized spacial score (nSPS) is 11.3. The molecule has 0 N–H and O–H groups in total. The molecule has 0 aliphatic heterocycles. The minimum atomic E-state index is -0.0616. The van der Waals surface area contributed by atoms with Crippen LogP contribution in [-0.2, 0) is 0 Å². The maximum atomic E-state index is 12.3. The van der Waals surface area contributed by atoms with Crippen molar-refractivity contribution in [1.29, 1.82) is 0 Å². The lowest BCUT2D eigenvalue weighted by Gasteiger charge is -2.21. The Morgan fingerprint density at radius 1 is 1.00 bits per heavy atom. The van der Waals surface area contributed by atoms with Crippen LogP contribution in [0.2, 0.25) is 10.0 Å². The monoisotopic (exact) mass is 376 g/mol. The maximum absolute atomic E-state index is 12.3. The molecule has 3 nitrogen and oxygen atoms in total. The van der Waals surface area contributed by atoms with Gasteiger partial charge in [0.2, 0.25) is 0 Å². The highest BCUT2D eigenvalue weighted by Crippen LogP contribution is 2.22. The van der Waals surface area contributed by atoms with Crippen LogP contribution in [0.1, 0.15) is 15.9 Å². The van der Waals surface area contributed by atoms with E-state index < -0.39 is 0 Å². The molecule has 0 saturated heterocycles. The van der Waals surface area contributed by atoms with E-state index in [0.717, 1.165) is 24.3 Å². The lowest BCUT2D eigenvalue weighted by molar-refractivity contribution is 0.104. The average molecular weight is 377 g/mol. The van der Waals surface area contributed by atoms with Crippen molar-refractivity contribution in [3.05, 3.63) is 69.7 Å². The Balaban J connectivity index is 2.03. The zero-order valence-corrected chi connectivity index (χ0v) is 16.2. The minimum absolute atomic E-state index is 0.0616. The molecule has 0 aromatic heterocycles. The largest absolute Gasteiger partial charge is 0.373 e. The first kappa shape index (κ1) is 19.5. The van der Waals surface area contributed by atoms with E-state index in [1.54, 1.807) is 24.3 Å². The molecule has 0 heterocycles. The van der Waals surface area contributed by atoms with Gasteiger partial charge in [-0.05, 0) is 68.2 Å². The number of hydrogen-bond donors (Lipinski definition) is 0. The number of rotatable bonds is 7. The summed E-state index contributed by atoms with van der Waals surface area (Å²) in [5.74, 6) is -0.0616. The van der Waals surface area contributed by atoms with Gasteiger partial charge in [0.15, 0.2) is 5.78 Å². The number of nitrogens with zero attached hydrogens (tertiary/aromatic N) is 2. The molecule has 0 fully saturated rings. The Kier molecular flexibility index (Phi) is 7.06. The Bertz CT molecular complexity index is 755. The van der Waals surface area contributed by atoms with Crippen molar-refractivity contribution in [2.45, 2.75) is 0 Å². The third-order valence-corrected chi connectivity index (χ3v) is 4.41. The van der Waals surface area contributed by atoms with Crippen LogP contribution in [-0.4, -0.2) is 44.9 Å². The molecule has 2 rings (SSSR count). The third-order valence-electron chi connectivity index (χ3n) is 3.85. The predicted molar refractivity (Wildman–Crippen MR) is 108 cm³/mol. The highest BCUT2D eigenvalue weighted by Gasteiger charge is 2.06. The van der Waals surface area contributed by atoms with Crippen molar-refractivity contribution in [3.8, 4) is 0 Å². The number of allylic oxidation sites excluding steroid dienone is 1. The number of halogens is 2. The van der Waals surface area contributed by atoms with Crippen LogP contribution in [0.3, 0.4) is 0 Å². The Labute approximate surface area is 159 Å². The number of likely N-dealkylation sites (N-methyl/N-ethyl adjacent to an activating group) is 2. The molecular weight excluding hydrogens is 355 g/mol. The van der Waals surface area contributed by atoms with Gasteiger partial charge < -0.3 is 9.80 Å². The van der Waals surface area contributed by atoms with Gasteiger partial charge in [-0.2, -0.15) is 0 Å². The number of hydrogen-bond acceptors (Lipinski definition) is 3. The SMILES string of the molecule is CN(C)CCN(C)c1ccc(C(=O)/C=C/c2ccc(Cl)cc2Cl)cc1. The highest BCUT2D eigenvalue weighted by atomic mass is 35.5. The zero-order valence-electron chi connectivity index (χ0n) is 14.7. The summed E-state index contributed by atoms with van der Waals surface area (Å²) >= 11 is 12.0. The van der Waals surface area contributed by atoms with E-state index in [9.17, 15) is 4.79 Å². The second-order valence-corrected chi connectivity index (χ2v) is 6.98. The molecule has 0 bridgehead atoms. The third kappa shape index (κ3) is 5.89. The summed E-state index contributed by atoms with van der Waals surface area (Å²) in [7, 11) is 6.15.